The molecule has 0 radical (unpaired) electrons. The third-order valence-corrected chi connectivity index (χ3v) is 9.18. The summed E-state index contributed by atoms with van der Waals surface area (Å²) in [5, 5.41) is 0. The summed E-state index contributed by atoms with van der Waals surface area (Å²) < 4.78 is 27.9. The molecule has 26 heavy (non-hydrogen) atoms. The van der Waals surface area contributed by atoms with E-state index in [1.165, 1.54) is 0 Å². The lowest BCUT2D eigenvalue weighted by molar-refractivity contribution is -0.128. The first-order valence-corrected chi connectivity index (χ1v) is 11.0. The molecule has 0 amide bonds. The fraction of sp³-hybridized carbons (Fsp3) is 0.684. The van der Waals surface area contributed by atoms with E-state index in [1.54, 1.807) is 10.5 Å². The minimum absolute atomic E-state index is 0.0219. The Kier molecular flexibility index (Phi) is 4.15. The number of ketones is 1. The molecule has 1 saturated heterocycles. The zero-order valence-corrected chi connectivity index (χ0v) is 16.3. The van der Waals surface area contributed by atoms with Crippen LogP contribution in [0, 0.1) is 16.7 Å². The maximum absolute atomic E-state index is 13.1. The summed E-state index contributed by atoms with van der Waals surface area (Å²) in [6.07, 6.45) is 4.00. The van der Waals surface area contributed by atoms with E-state index < -0.39 is 15.4 Å². The van der Waals surface area contributed by atoms with Crippen molar-refractivity contribution in [1.29, 1.82) is 0 Å². The van der Waals surface area contributed by atoms with Crippen LogP contribution in [0.3, 0.4) is 0 Å². The summed E-state index contributed by atoms with van der Waals surface area (Å²) >= 11 is 0. The monoisotopic (exact) mass is 377 g/mol. The molecular formula is C19H27N3O3S. The van der Waals surface area contributed by atoms with Crippen molar-refractivity contribution >= 4 is 21.6 Å². The summed E-state index contributed by atoms with van der Waals surface area (Å²) in [7, 11) is -3.45. The first-order valence-electron chi connectivity index (χ1n) is 9.43. The third-order valence-electron chi connectivity index (χ3n) is 7.17. The number of hydrogen-bond donors (Lipinski definition) is 0. The van der Waals surface area contributed by atoms with Crippen molar-refractivity contribution < 1.29 is 13.2 Å². The molecular weight excluding hydrogens is 350 g/mol. The van der Waals surface area contributed by atoms with Crippen molar-refractivity contribution in [2.24, 2.45) is 16.7 Å². The van der Waals surface area contributed by atoms with Gasteiger partial charge in [-0.3, -0.25) is 4.79 Å². The number of nitrogens with zero attached hydrogens (tertiary/aromatic N) is 3. The van der Waals surface area contributed by atoms with Crippen molar-refractivity contribution in [2.75, 3.05) is 36.8 Å². The van der Waals surface area contributed by atoms with Crippen LogP contribution in [0.1, 0.15) is 33.1 Å². The predicted molar refractivity (Wildman–Crippen MR) is 100 cm³/mol. The average Bonchev–Trinajstić information content (AvgIpc) is 2.96. The van der Waals surface area contributed by atoms with E-state index in [0.717, 1.165) is 18.7 Å². The van der Waals surface area contributed by atoms with Gasteiger partial charge in [0.1, 0.15) is 11.6 Å². The minimum Gasteiger partial charge on any atom is -0.354 e. The van der Waals surface area contributed by atoms with Gasteiger partial charge < -0.3 is 4.90 Å². The predicted octanol–water partition coefficient (Wildman–Crippen LogP) is 1.93. The van der Waals surface area contributed by atoms with Gasteiger partial charge >= 0.3 is 0 Å². The van der Waals surface area contributed by atoms with E-state index in [2.05, 4.69) is 23.7 Å². The molecule has 4 rings (SSSR count). The van der Waals surface area contributed by atoms with Crippen LogP contribution >= 0.6 is 0 Å². The third kappa shape index (κ3) is 2.59. The number of sulfonamides is 1. The molecule has 2 bridgehead atoms. The highest BCUT2D eigenvalue weighted by molar-refractivity contribution is 7.89. The van der Waals surface area contributed by atoms with Crippen molar-refractivity contribution in [3.05, 3.63) is 24.4 Å². The highest BCUT2D eigenvalue weighted by Gasteiger charge is 2.65. The standard InChI is InChI=1S/C19H27N3O3S/c1-18(2)15-6-7-19(18,16(23)13-15)14-26(24,25)22-11-9-21(10-12-22)17-5-3-4-8-20-17/h3-5,8,15H,6-7,9-14H2,1-2H3/t15-,19+/m1/s1. The highest BCUT2D eigenvalue weighted by atomic mass is 32.2. The summed E-state index contributed by atoms with van der Waals surface area (Å²) in [5.74, 6) is 1.36. The fourth-order valence-corrected chi connectivity index (χ4v) is 7.45. The number of piperazine rings is 1. The summed E-state index contributed by atoms with van der Waals surface area (Å²) in [5.41, 5.74) is -0.901. The fourth-order valence-electron chi connectivity index (χ4n) is 5.25. The topological polar surface area (TPSA) is 70.6 Å². The van der Waals surface area contributed by atoms with Gasteiger partial charge in [0.15, 0.2) is 0 Å². The van der Waals surface area contributed by atoms with E-state index in [4.69, 9.17) is 0 Å². The van der Waals surface area contributed by atoms with Crippen LogP contribution in [0.15, 0.2) is 24.4 Å². The minimum atomic E-state index is -3.45. The Hall–Kier alpha value is -1.47. The first-order chi connectivity index (χ1) is 12.3. The SMILES string of the molecule is CC1(C)[C@@H]2CC[C@]1(CS(=O)(=O)N1CCN(c3ccccn3)CC1)C(=O)C2. The lowest BCUT2D eigenvalue weighted by atomic mass is 9.70. The van der Waals surface area contributed by atoms with E-state index in [0.29, 0.717) is 38.5 Å². The van der Waals surface area contributed by atoms with Crippen LogP contribution in [0.5, 0.6) is 0 Å². The molecule has 6 nitrogen and oxygen atoms in total. The van der Waals surface area contributed by atoms with Gasteiger partial charge in [-0.2, -0.15) is 4.31 Å². The molecule has 2 heterocycles. The van der Waals surface area contributed by atoms with Gasteiger partial charge in [-0.05, 0) is 36.3 Å². The molecule has 7 heteroatoms. The Labute approximate surface area is 155 Å². The van der Waals surface area contributed by atoms with E-state index in [9.17, 15) is 13.2 Å². The van der Waals surface area contributed by atoms with E-state index in [1.807, 2.05) is 18.2 Å². The molecule has 0 aromatic carbocycles. The number of anilines is 1. The van der Waals surface area contributed by atoms with Crippen molar-refractivity contribution in [1.82, 2.24) is 9.29 Å². The molecule has 3 aliphatic rings. The second kappa shape index (κ2) is 6.02. The van der Waals surface area contributed by atoms with Crippen LogP contribution in [-0.2, 0) is 14.8 Å². The van der Waals surface area contributed by atoms with Gasteiger partial charge in [-0.25, -0.2) is 13.4 Å². The van der Waals surface area contributed by atoms with Crippen LogP contribution in [0.2, 0.25) is 0 Å². The van der Waals surface area contributed by atoms with Gasteiger partial charge in [0.05, 0.1) is 5.75 Å². The lowest BCUT2D eigenvalue weighted by Gasteiger charge is -2.40. The molecule has 1 aliphatic heterocycles. The van der Waals surface area contributed by atoms with Gasteiger partial charge in [0.25, 0.3) is 0 Å². The molecule has 3 fully saturated rings. The molecule has 0 spiro atoms. The van der Waals surface area contributed by atoms with Crippen molar-refractivity contribution in [2.45, 2.75) is 33.1 Å². The number of carbonyl (C=O) groups excluding carboxylic acids is 1. The zero-order valence-electron chi connectivity index (χ0n) is 15.5. The molecule has 2 saturated carbocycles. The van der Waals surface area contributed by atoms with Crippen LogP contribution in [0.25, 0.3) is 0 Å². The van der Waals surface area contributed by atoms with Crippen molar-refractivity contribution in [3.8, 4) is 0 Å². The molecule has 1 aromatic rings. The quantitative estimate of drug-likeness (QED) is 0.802. The Bertz CT molecular complexity index is 801. The van der Waals surface area contributed by atoms with Crippen LogP contribution in [-0.4, -0.2) is 55.4 Å². The summed E-state index contributed by atoms with van der Waals surface area (Å²) in [6, 6.07) is 5.76. The lowest BCUT2D eigenvalue weighted by Crippen LogP contribution is -2.52. The number of carbonyl (C=O) groups is 1. The number of pyridine rings is 1. The van der Waals surface area contributed by atoms with Gasteiger partial charge in [-0.1, -0.05) is 19.9 Å². The maximum Gasteiger partial charge on any atom is 0.215 e. The van der Waals surface area contributed by atoms with Gasteiger partial charge in [0.2, 0.25) is 10.0 Å². The Morgan fingerprint density at radius 1 is 1.19 bits per heavy atom. The van der Waals surface area contributed by atoms with E-state index >= 15 is 0 Å². The van der Waals surface area contributed by atoms with Crippen LogP contribution < -0.4 is 4.90 Å². The number of rotatable bonds is 4. The maximum atomic E-state index is 13.1. The number of aromatic nitrogens is 1. The highest BCUT2D eigenvalue weighted by Crippen LogP contribution is 2.64. The smallest absolute Gasteiger partial charge is 0.215 e. The Morgan fingerprint density at radius 3 is 2.46 bits per heavy atom. The first kappa shape index (κ1) is 17.9. The second-order valence-electron chi connectivity index (χ2n) is 8.50. The van der Waals surface area contributed by atoms with Gasteiger partial charge in [0, 0.05) is 44.2 Å². The Morgan fingerprint density at radius 2 is 1.92 bits per heavy atom. The summed E-state index contributed by atoms with van der Waals surface area (Å²) in [6.45, 7) is 6.33. The Balaban J connectivity index is 1.48. The second-order valence-corrected chi connectivity index (χ2v) is 10.5. The van der Waals surface area contributed by atoms with E-state index in [-0.39, 0.29) is 17.0 Å². The van der Waals surface area contributed by atoms with Crippen molar-refractivity contribution in [3.63, 3.8) is 0 Å². The zero-order chi connectivity index (χ0) is 18.6. The number of Topliss-reactive ketones (excluding diaryl/α,β-unsaturated/α-hetero) is 1. The number of hydrogen-bond acceptors (Lipinski definition) is 5. The molecule has 142 valence electrons. The van der Waals surface area contributed by atoms with Gasteiger partial charge in [-0.15, -0.1) is 0 Å². The largest absolute Gasteiger partial charge is 0.354 e. The van der Waals surface area contributed by atoms with Crippen LogP contribution in [0.4, 0.5) is 5.82 Å². The molecule has 1 aromatic heterocycles. The average molecular weight is 378 g/mol. The molecule has 0 unspecified atom stereocenters. The molecule has 2 atom stereocenters. The molecule has 0 N–H and O–H groups in total. The summed E-state index contributed by atoms with van der Waals surface area (Å²) in [4.78, 5) is 19.1. The molecule has 2 aliphatic carbocycles. The number of fused-ring (bicyclic) bond motifs is 2. The normalized spacial score (nSPS) is 31.5.